The topological polar surface area (TPSA) is 18.5 Å². The molecule has 0 unspecified atom stereocenters. The fourth-order valence-electron chi connectivity index (χ4n) is 7.65. The second kappa shape index (κ2) is 18.3. The van der Waals surface area contributed by atoms with Crippen LogP contribution in [-0.2, 0) is 23.9 Å². The first-order chi connectivity index (χ1) is 21.9. The van der Waals surface area contributed by atoms with Gasteiger partial charge < -0.3 is 52.4 Å². The van der Waals surface area contributed by atoms with E-state index >= 15 is 0 Å². The summed E-state index contributed by atoms with van der Waals surface area (Å²) in [5.41, 5.74) is 6.35. The third-order valence-corrected chi connectivity index (χ3v) is 9.36. The highest BCUT2D eigenvalue weighted by Crippen LogP contribution is 2.38. The van der Waals surface area contributed by atoms with E-state index in [4.69, 9.17) is 9.47 Å². The van der Waals surface area contributed by atoms with Crippen LogP contribution in [0.4, 0.5) is 0 Å². The van der Waals surface area contributed by atoms with Crippen molar-refractivity contribution in [2.24, 2.45) is 10.8 Å². The fraction of sp³-hybridized carbons (Fsp3) is 0.591. The molecule has 0 amide bonds. The first-order valence-corrected chi connectivity index (χ1v) is 18.1. The number of rotatable bonds is 16. The van der Waals surface area contributed by atoms with Gasteiger partial charge in [-0.3, -0.25) is 0 Å². The molecule has 0 aromatic heterocycles. The maximum Gasteiger partial charge on any atom is 0.137 e. The van der Waals surface area contributed by atoms with Crippen LogP contribution in [0, 0.1) is 10.8 Å². The predicted molar refractivity (Wildman–Crippen MR) is 206 cm³/mol. The molecule has 0 spiro atoms. The van der Waals surface area contributed by atoms with Crippen molar-refractivity contribution in [1.29, 1.82) is 0 Å². The van der Waals surface area contributed by atoms with Crippen molar-refractivity contribution in [2.75, 3.05) is 54.5 Å². The Morgan fingerprint density at radius 3 is 1.10 bits per heavy atom. The monoisotopic (exact) mass is 816 g/mol. The van der Waals surface area contributed by atoms with Gasteiger partial charge in [0.1, 0.15) is 50.9 Å². The van der Waals surface area contributed by atoms with Crippen LogP contribution in [0.15, 0.2) is 72.8 Å². The standard InChI is InChI=1S/C44H70N2O2.2BrH/c1-41(2,3)33-43(7,8)37-18-22-39(23-19-37)47-28-26-45(11,12)31-35-16-15-17-36(30-35)32-46(13,14)27-29-48-40-24-20-38(21-25-40)44(9,10)34-42(4,5)6;;/h15-25,30H,26-29,31-34H2,1-14H3;2*1H/q+2;;/p-2. The van der Waals surface area contributed by atoms with E-state index in [1.807, 2.05) is 0 Å². The Morgan fingerprint density at radius 2 is 0.800 bits per heavy atom. The van der Waals surface area contributed by atoms with Crippen molar-refractivity contribution >= 4 is 0 Å². The Balaban J connectivity index is 0.00000625. The molecule has 0 heterocycles. The third kappa shape index (κ3) is 16.2. The number of hydrogen-bond donors (Lipinski definition) is 0. The number of likely N-dealkylation sites (N-methyl/N-ethyl adjacent to an activating group) is 2. The molecule has 0 atom stereocenters. The Hall–Kier alpha value is -1.86. The van der Waals surface area contributed by atoms with Gasteiger partial charge in [0.05, 0.1) is 28.2 Å². The Morgan fingerprint density at radius 1 is 0.480 bits per heavy atom. The van der Waals surface area contributed by atoms with Crippen molar-refractivity contribution in [2.45, 2.75) is 106 Å². The Bertz CT molecular complexity index is 1320. The normalized spacial score (nSPS) is 12.9. The summed E-state index contributed by atoms with van der Waals surface area (Å²) in [6, 6.07) is 26.6. The van der Waals surface area contributed by atoms with E-state index in [1.54, 1.807) is 0 Å². The van der Waals surface area contributed by atoms with Gasteiger partial charge in [-0.25, -0.2) is 0 Å². The number of ether oxygens (including phenoxy) is 2. The minimum absolute atomic E-state index is 0. The van der Waals surface area contributed by atoms with Crippen LogP contribution >= 0.6 is 0 Å². The number of benzene rings is 3. The Kier molecular flexibility index (Phi) is 16.9. The van der Waals surface area contributed by atoms with Gasteiger partial charge in [-0.15, -0.1) is 0 Å². The number of halogens is 2. The summed E-state index contributed by atoms with van der Waals surface area (Å²) in [6.07, 6.45) is 2.29. The fourth-order valence-corrected chi connectivity index (χ4v) is 7.65. The lowest BCUT2D eigenvalue weighted by molar-refractivity contribution is -0.904. The van der Waals surface area contributed by atoms with E-state index in [0.717, 1.165) is 59.5 Å². The van der Waals surface area contributed by atoms with Gasteiger partial charge in [-0.1, -0.05) is 112 Å². The average Bonchev–Trinajstić information content (AvgIpc) is 2.90. The summed E-state index contributed by atoms with van der Waals surface area (Å²) < 4.78 is 14.2. The largest absolute Gasteiger partial charge is 1.00 e. The molecule has 0 bridgehead atoms. The molecule has 0 aliphatic carbocycles. The molecule has 3 aromatic rings. The van der Waals surface area contributed by atoms with E-state index in [1.165, 1.54) is 22.3 Å². The Labute approximate surface area is 328 Å². The van der Waals surface area contributed by atoms with Crippen LogP contribution < -0.4 is 43.4 Å². The third-order valence-electron chi connectivity index (χ3n) is 9.36. The quantitative estimate of drug-likeness (QED) is 0.200. The van der Waals surface area contributed by atoms with Crippen LogP contribution in [0.5, 0.6) is 11.5 Å². The second-order valence-electron chi connectivity index (χ2n) is 19.4. The molecule has 0 radical (unpaired) electrons. The lowest BCUT2D eigenvalue weighted by Gasteiger charge is -2.33. The number of hydrogen-bond acceptors (Lipinski definition) is 2. The molecule has 4 nitrogen and oxygen atoms in total. The van der Waals surface area contributed by atoms with Gasteiger partial charge in [0.2, 0.25) is 0 Å². The molecular weight excluding hydrogens is 748 g/mol. The summed E-state index contributed by atoms with van der Waals surface area (Å²) >= 11 is 0. The van der Waals surface area contributed by atoms with E-state index in [-0.39, 0.29) is 44.8 Å². The molecule has 0 aliphatic heterocycles. The zero-order valence-electron chi connectivity index (χ0n) is 34.1. The molecular formula is C44H70Br2N2O2. The summed E-state index contributed by atoms with van der Waals surface area (Å²) in [6.45, 7) is 28.5. The van der Waals surface area contributed by atoms with Crippen LogP contribution in [0.3, 0.4) is 0 Å². The maximum atomic E-state index is 6.22. The summed E-state index contributed by atoms with van der Waals surface area (Å²) in [5.74, 6) is 1.90. The van der Waals surface area contributed by atoms with E-state index in [2.05, 4.69) is 170 Å². The molecule has 3 aromatic carbocycles. The molecule has 0 N–H and O–H groups in total. The van der Waals surface area contributed by atoms with Gasteiger partial charge in [0, 0.05) is 11.1 Å². The highest BCUT2D eigenvalue weighted by Gasteiger charge is 2.28. The van der Waals surface area contributed by atoms with Gasteiger partial charge in [0.15, 0.2) is 0 Å². The zero-order valence-corrected chi connectivity index (χ0v) is 37.2. The van der Waals surface area contributed by atoms with Crippen molar-refractivity contribution in [3.63, 3.8) is 0 Å². The minimum Gasteiger partial charge on any atom is -1.00 e. The molecule has 0 saturated heterocycles. The molecule has 0 saturated carbocycles. The first-order valence-electron chi connectivity index (χ1n) is 18.1. The van der Waals surface area contributed by atoms with E-state index in [9.17, 15) is 0 Å². The van der Waals surface area contributed by atoms with Gasteiger partial charge in [-0.05, 0) is 76.0 Å². The highest BCUT2D eigenvalue weighted by atomic mass is 79.9. The summed E-state index contributed by atoms with van der Waals surface area (Å²) in [5, 5.41) is 0. The van der Waals surface area contributed by atoms with Crippen LogP contribution in [0.2, 0.25) is 0 Å². The smallest absolute Gasteiger partial charge is 0.137 e. The van der Waals surface area contributed by atoms with Crippen LogP contribution in [-0.4, -0.2) is 63.5 Å². The highest BCUT2D eigenvalue weighted by molar-refractivity contribution is 5.33. The number of nitrogens with zero attached hydrogens (tertiary/aromatic N) is 2. The SMILES string of the molecule is CC(C)(C)CC(C)(C)c1ccc(OCC[N+](C)(C)Cc2cccc(C[N+](C)(C)CCOc3ccc(C(C)(C)CC(C)(C)C)cc3)c2)cc1.[Br-].[Br-]. The lowest BCUT2D eigenvalue weighted by atomic mass is 9.72. The molecule has 6 heteroatoms. The van der Waals surface area contributed by atoms with Crippen LogP contribution in [0.1, 0.15) is 104 Å². The molecule has 0 fully saturated rings. The summed E-state index contributed by atoms with van der Waals surface area (Å²) in [7, 11) is 9.18. The minimum atomic E-state index is 0. The van der Waals surface area contributed by atoms with E-state index < -0.39 is 0 Å². The predicted octanol–water partition coefficient (Wildman–Crippen LogP) is 4.43. The van der Waals surface area contributed by atoms with Crippen molar-refractivity contribution in [3.8, 4) is 11.5 Å². The van der Waals surface area contributed by atoms with E-state index in [0.29, 0.717) is 24.0 Å². The van der Waals surface area contributed by atoms with Crippen molar-refractivity contribution in [1.82, 2.24) is 0 Å². The zero-order chi connectivity index (χ0) is 36.0. The van der Waals surface area contributed by atoms with Gasteiger partial charge >= 0.3 is 0 Å². The second-order valence-corrected chi connectivity index (χ2v) is 19.4. The lowest BCUT2D eigenvalue weighted by Crippen LogP contribution is -3.00. The van der Waals surface area contributed by atoms with Crippen molar-refractivity contribution < 1.29 is 52.4 Å². The number of quaternary nitrogens is 2. The van der Waals surface area contributed by atoms with Crippen molar-refractivity contribution in [3.05, 3.63) is 95.1 Å². The first kappa shape index (κ1) is 46.2. The molecule has 3 rings (SSSR count). The van der Waals surface area contributed by atoms with Crippen LogP contribution in [0.25, 0.3) is 0 Å². The molecule has 0 aliphatic rings. The average molecular weight is 819 g/mol. The van der Waals surface area contributed by atoms with Gasteiger partial charge in [-0.2, -0.15) is 0 Å². The summed E-state index contributed by atoms with van der Waals surface area (Å²) in [4.78, 5) is 0. The molecule has 282 valence electrons. The maximum absolute atomic E-state index is 6.22. The molecule has 50 heavy (non-hydrogen) atoms. The van der Waals surface area contributed by atoms with Gasteiger partial charge in [0.25, 0.3) is 0 Å².